The quantitative estimate of drug-likeness (QED) is 0.482. The summed E-state index contributed by atoms with van der Waals surface area (Å²) in [5.74, 6) is 1.31. The topological polar surface area (TPSA) is 33.4 Å². The molecule has 0 aliphatic carbocycles. The highest BCUT2D eigenvalue weighted by atomic mass is 16.3. The van der Waals surface area contributed by atoms with Crippen molar-refractivity contribution in [2.24, 2.45) is 0 Å². The first kappa shape index (κ1) is 14.8. The van der Waals surface area contributed by atoms with Gasteiger partial charge < -0.3 is 9.52 Å². The van der Waals surface area contributed by atoms with Gasteiger partial charge in [0.15, 0.2) is 0 Å². The van der Waals surface area contributed by atoms with Crippen LogP contribution in [-0.4, -0.2) is 5.11 Å². The monoisotopic (exact) mass is 316 g/mol. The van der Waals surface area contributed by atoms with Gasteiger partial charge in [0.05, 0.1) is 0 Å². The smallest absolute Gasteiger partial charge is 0.135 e. The number of fused-ring (bicyclic) bond motifs is 2. The minimum absolute atomic E-state index is 0.359. The van der Waals surface area contributed by atoms with Crippen molar-refractivity contribution >= 4 is 21.7 Å². The number of furan rings is 1. The number of benzene rings is 3. The third-order valence-corrected chi connectivity index (χ3v) is 4.93. The van der Waals surface area contributed by atoms with Crippen molar-refractivity contribution in [2.75, 3.05) is 0 Å². The van der Waals surface area contributed by atoms with Crippen LogP contribution in [-0.2, 0) is 6.42 Å². The van der Waals surface area contributed by atoms with Gasteiger partial charge in [-0.2, -0.15) is 0 Å². The number of hydrogen-bond donors (Lipinski definition) is 1. The second kappa shape index (κ2) is 5.41. The molecule has 1 heterocycles. The van der Waals surface area contributed by atoms with Gasteiger partial charge in [0, 0.05) is 10.9 Å². The molecule has 1 aromatic heterocycles. The molecule has 4 aromatic rings. The van der Waals surface area contributed by atoms with Gasteiger partial charge in [-0.05, 0) is 65.9 Å². The van der Waals surface area contributed by atoms with E-state index in [4.69, 9.17) is 4.42 Å². The Balaban J connectivity index is 2.18. The molecule has 0 spiro atoms. The van der Waals surface area contributed by atoms with Crippen LogP contribution in [0.15, 0.2) is 52.9 Å². The molecular formula is C22H20O2. The van der Waals surface area contributed by atoms with Gasteiger partial charge in [0.2, 0.25) is 0 Å². The van der Waals surface area contributed by atoms with E-state index in [1.54, 1.807) is 6.07 Å². The third-order valence-electron chi connectivity index (χ3n) is 4.93. The molecule has 0 unspecified atom stereocenters. The number of aromatic hydroxyl groups is 1. The van der Waals surface area contributed by atoms with Crippen molar-refractivity contribution in [3.8, 4) is 16.9 Å². The van der Waals surface area contributed by atoms with Gasteiger partial charge in [-0.1, -0.05) is 37.3 Å². The highest BCUT2D eigenvalue weighted by Gasteiger charge is 2.17. The maximum absolute atomic E-state index is 10.0. The minimum atomic E-state index is 0.359. The molecule has 120 valence electrons. The molecule has 2 heteroatoms. The van der Waals surface area contributed by atoms with E-state index >= 15 is 0 Å². The number of phenolic OH excluding ortho intramolecular Hbond substituents is 1. The van der Waals surface area contributed by atoms with Crippen LogP contribution in [0.2, 0.25) is 0 Å². The average Bonchev–Trinajstić information content (AvgIpc) is 2.87. The Morgan fingerprint density at radius 1 is 1.00 bits per heavy atom. The van der Waals surface area contributed by atoms with Gasteiger partial charge in [-0.15, -0.1) is 0 Å². The summed E-state index contributed by atoms with van der Waals surface area (Å²) in [7, 11) is 0. The Morgan fingerprint density at radius 2 is 1.79 bits per heavy atom. The van der Waals surface area contributed by atoms with E-state index in [0.29, 0.717) is 5.75 Å². The molecule has 24 heavy (non-hydrogen) atoms. The van der Waals surface area contributed by atoms with Crippen molar-refractivity contribution in [1.82, 2.24) is 0 Å². The molecule has 0 bridgehead atoms. The lowest BCUT2D eigenvalue weighted by Gasteiger charge is -2.12. The van der Waals surface area contributed by atoms with Crippen molar-refractivity contribution in [2.45, 2.75) is 27.2 Å². The lowest BCUT2D eigenvalue weighted by molar-refractivity contribution is 0.469. The number of aryl methyl sites for hydroxylation is 3. The van der Waals surface area contributed by atoms with Crippen molar-refractivity contribution in [3.63, 3.8) is 0 Å². The van der Waals surface area contributed by atoms with Gasteiger partial charge in [0.1, 0.15) is 17.1 Å². The Hall–Kier alpha value is -2.74. The highest BCUT2D eigenvalue weighted by molar-refractivity contribution is 6.12. The van der Waals surface area contributed by atoms with E-state index in [1.165, 1.54) is 27.3 Å². The molecule has 0 aliphatic rings. The van der Waals surface area contributed by atoms with Crippen molar-refractivity contribution < 1.29 is 9.52 Å². The van der Waals surface area contributed by atoms with Gasteiger partial charge in [-0.3, -0.25) is 0 Å². The first-order valence-corrected chi connectivity index (χ1v) is 8.34. The maximum atomic E-state index is 10.0. The zero-order valence-corrected chi connectivity index (χ0v) is 14.2. The summed E-state index contributed by atoms with van der Waals surface area (Å²) in [4.78, 5) is 0. The summed E-state index contributed by atoms with van der Waals surface area (Å²) in [6.45, 7) is 6.18. The molecule has 0 radical (unpaired) electrons. The predicted molar refractivity (Wildman–Crippen MR) is 99.7 cm³/mol. The van der Waals surface area contributed by atoms with Crippen molar-refractivity contribution in [3.05, 3.63) is 65.4 Å². The van der Waals surface area contributed by atoms with E-state index in [1.807, 2.05) is 13.0 Å². The summed E-state index contributed by atoms with van der Waals surface area (Å²) < 4.78 is 6.00. The molecule has 0 saturated heterocycles. The van der Waals surface area contributed by atoms with Crippen LogP contribution in [0.3, 0.4) is 0 Å². The SMILES string of the molecule is CCc1cc(-c2c3ccccc3cc3oc(C)c(C)c23)ccc1O. The molecule has 0 atom stereocenters. The lowest BCUT2D eigenvalue weighted by Crippen LogP contribution is -1.88. The van der Waals surface area contributed by atoms with E-state index in [-0.39, 0.29) is 0 Å². The Kier molecular flexibility index (Phi) is 3.34. The van der Waals surface area contributed by atoms with Crippen LogP contribution in [0.25, 0.3) is 32.9 Å². The molecule has 4 rings (SSSR count). The number of rotatable bonds is 2. The minimum Gasteiger partial charge on any atom is -0.508 e. The number of hydrogen-bond acceptors (Lipinski definition) is 2. The van der Waals surface area contributed by atoms with E-state index in [9.17, 15) is 5.11 Å². The molecular weight excluding hydrogens is 296 g/mol. The standard InChI is InChI=1S/C22H20O2/c1-4-15-11-17(9-10-19(15)23)22-18-8-6-5-7-16(18)12-20-21(22)13(2)14(3)24-20/h5-12,23H,4H2,1-3H3. The van der Waals surface area contributed by atoms with Gasteiger partial charge in [0.25, 0.3) is 0 Å². The molecule has 0 aliphatic heterocycles. The predicted octanol–water partition coefficient (Wildman–Crippen LogP) is 6.14. The summed E-state index contributed by atoms with van der Waals surface area (Å²) in [6, 6.07) is 16.4. The fourth-order valence-electron chi connectivity index (χ4n) is 3.52. The van der Waals surface area contributed by atoms with Crippen molar-refractivity contribution in [1.29, 1.82) is 0 Å². The second-order valence-corrected chi connectivity index (χ2v) is 6.33. The highest BCUT2D eigenvalue weighted by Crippen LogP contribution is 2.41. The van der Waals surface area contributed by atoms with Crippen LogP contribution in [0.4, 0.5) is 0 Å². The Labute approximate surface area is 141 Å². The van der Waals surface area contributed by atoms with Crippen LogP contribution < -0.4 is 0 Å². The molecule has 3 aromatic carbocycles. The van der Waals surface area contributed by atoms with Crippen LogP contribution >= 0.6 is 0 Å². The van der Waals surface area contributed by atoms with E-state index in [2.05, 4.69) is 50.2 Å². The van der Waals surface area contributed by atoms with Gasteiger partial charge in [-0.25, -0.2) is 0 Å². The zero-order valence-electron chi connectivity index (χ0n) is 14.2. The fourth-order valence-corrected chi connectivity index (χ4v) is 3.52. The summed E-state index contributed by atoms with van der Waals surface area (Å²) >= 11 is 0. The van der Waals surface area contributed by atoms with Gasteiger partial charge >= 0.3 is 0 Å². The van der Waals surface area contributed by atoms with E-state index < -0.39 is 0 Å². The first-order valence-electron chi connectivity index (χ1n) is 8.34. The van der Waals surface area contributed by atoms with Crippen LogP contribution in [0.5, 0.6) is 5.75 Å². The second-order valence-electron chi connectivity index (χ2n) is 6.33. The third kappa shape index (κ3) is 2.10. The van der Waals surface area contributed by atoms with Crippen LogP contribution in [0.1, 0.15) is 23.8 Å². The molecule has 0 amide bonds. The average molecular weight is 316 g/mol. The zero-order chi connectivity index (χ0) is 16.8. The summed E-state index contributed by atoms with van der Waals surface area (Å²) in [5, 5.41) is 13.6. The number of phenols is 1. The normalized spacial score (nSPS) is 11.5. The first-order chi connectivity index (χ1) is 11.6. The van der Waals surface area contributed by atoms with E-state index in [0.717, 1.165) is 28.9 Å². The Bertz CT molecular complexity index is 1070. The lowest BCUT2D eigenvalue weighted by atomic mass is 9.91. The summed E-state index contributed by atoms with van der Waals surface area (Å²) in [6.07, 6.45) is 0.803. The molecule has 0 saturated carbocycles. The maximum Gasteiger partial charge on any atom is 0.135 e. The molecule has 1 N–H and O–H groups in total. The van der Waals surface area contributed by atoms with Crippen LogP contribution in [0, 0.1) is 13.8 Å². The summed E-state index contributed by atoms with van der Waals surface area (Å²) in [5.41, 5.74) is 5.37. The molecule has 0 fully saturated rings. The largest absolute Gasteiger partial charge is 0.508 e. The fraction of sp³-hybridized carbons (Fsp3) is 0.182. The molecule has 2 nitrogen and oxygen atoms in total. The Morgan fingerprint density at radius 3 is 2.58 bits per heavy atom.